The average Bonchev–Trinajstić information content (AvgIpc) is 2.73. The largest absolute Gasteiger partial charge is 0.352 e. The maximum atomic E-state index is 3.87. The molecule has 2 rings (SSSR count). The van der Waals surface area contributed by atoms with Crippen LogP contribution in [0.5, 0.6) is 0 Å². The number of tetrazole rings is 1. The van der Waals surface area contributed by atoms with Crippen molar-refractivity contribution in [3.05, 3.63) is 35.9 Å². The molecule has 0 saturated carbocycles. The molecule has 5 nitrogen and oxygen atoms in total. The second-order valence-corrected chi connectivity index (χ2v) is 3.82. The summed E-state index contributed by atoms with van der Waals surface area (Å²) >= 11 is 0. The van der Waals surface area contributed by atoms with Crippen molar-refractivity contribution in [1.29, 1.82) is 0 Å². The van der Waals surface area contributed by atoms with Gasteiger partial charge in [0.25, 0.3) is 0 Å². The van der Waals surface area contributed by atoms with E-state index in [2.05, 4.69) is 52.0 Å². The van der Waals surface area contributed by atoms with Crippen molar-refractivity contribution in [2.24, 2.45) is 7.05 Å². The minimum atomic E-state index is 0.429. The molecule has 0 spiro atoms. The molecule has 1 aromatic heterocycles. The first-order valence-electron chi connectivity index (χ1n) is 5.28. The lowest BCUT2D eigenvalue weighted by molar-refractivity contribution is 0.706. The van der Waals surface area contributed by atoms with Crippen LogP contribution in [-0.2, 0) is 7.05 Å². The molecule has 5 heteroatoms. The highest BCUT2D eigenvalue weighted by molar-refractivity contribution is 5.25. The molecule has 0 fully saturated rings. The molecule has 0 radical (unpaired) electrons. The van der Waals surface area contributed by atoms with E-state index in [0.29, 0.717) is 11.9 Å². The van der Waals surface area contributed by atoms with Gasteiger partial charge in [-0.3, -0.25) is 0 Å². The normalized spacial score (nSPS) is 12.4. The molecule has 0 aliphatic carbocycles. The summed E-state index contributed by atoms with van der Waals surface area (Å²) in [7, 11) is 1.81. The van der Waals surface area contributed by atoms with Crippen molar-refractivity contribution in [1.82, 2.24) is 20.2 Å². The lowest BCUT2D eigenvalue weighted by Crippen LogP contribution is -2.13. The quantitative estimate of drug-likeness (QED) is 0.841. The van der Waals surface area contributed by atoms with Crippen LogP contribution in [0.4, 0.5) is 5.95 Å². The third kappa shape index (κ3) is 2.36. The Balaban J connectivity index is 1.94. The fourth-order valence-electron chi connectivity index (χ4n) is 1.52. The van der Waals surface area contributed by atoms with E-state index in [4.69, 9.17) is 0 Å². The Labute approximate surface area is 94.5 Å². The van der Waals surface area contributed by atoms with Crippen LogP contribution in [0.2, 0.25) is 0 Å². The van der Waals surface area contributed by atoms with Gasteiger partial charge < -0.3 is 5.32 Å². The van der Waals surface area contributed by atoms with Gasteiger partial charge in [0.15, 0.2) is 0 Å². The Bertz CT molecular complexity index is 437. The van der Waals surface area contributed by atoms with Gasteiger partial charge in [-0.2, -0.15) is 0 Å². The fourth-order valence-corrected chi connectivity index (χ4v) is 1.52. The van der Waals surface area contributed by atoms with Crippen molar-refractivity contribution in [3.63, 3.8) is 0 Å². The first-order chi connectivity index (χ1) is 7.77. The van der Waals surface area contributed by atoms with Crippen LogP contribution < -0.4 is 5.32 Å². The average molecular weight is 217 g/mol. The highest BCUT2D eigenvalue weighted by atomic mass is 15.6. The number of nitrogens with zero attached hydrogens (tertiary/aromatic N) is 4. The first-order valence-corrected chi connectivity index (χ1v) is 5.28. The Morgan fingerprint density at radius 1 is 1.31 bits per heavy atom. The zero-order valence-corrected chi connectivity index (χ0v) is 9.46. The van der Waals surface area contributed by atoms with Crippen LogP contribution in [0, 0.1) is 0 Å². The summed E-state index contributed by atoms with van der Waals surface area (Å²) in [5.41, 5.74) is 1.31. The van der Waals surface area contributed by atoms with Gasteiger partial charge in [-0.15, -0.1) is 0 Å². The van der Waals surface area contributed by atoms with E-state index in [1.54, 1.807) is 4.68 Å². The molecule has 16 heavy (non-hydrogen) atoms. The lowest BCUT2D eigenvalue weighted by Gasteiger charge is -2.12. The zero-order valence-electron chi connectivity index (χ0n) is 9.46. The van der Waals surface area contributed by atoms with Crippen LogP contribution in [0.1, 0.15) is 18.4 Å². The number of rotatable bonds is 4. The topological polar surface area (TPSA) is 55.6 Å². The minimum Gasteiger partial charge on any atom is -0.352 e. The van der Waals surface area contributed by atoms with Gasteiger partial charge in [-0.05, 0) is 21.9 Å². The molecule has 84 valence electrons. The predicted molar refractivity (Wildman–Crippen MR) is 62.1 cm³/mol. The molecule has 0 bridgehead atoms. The van der Waals surface area contributed by atoms with Crippen LogP contribution in [-0.4, -0.2) is 26.8 Å². The van der Waals surface area contributed by atoms with Crippen molar-refractivity contribution in [3.8, 4) is 0 Å². The number of nitrogens with one attached hydrogen (secondary N) is 1. The highest BCUT2D eigenvalue weighted by Gasteiger charge is 2.06. The molecule has 1 heterocycles. The Kier molecular flexibility index (Phi) is 3.14. The molecule has 0 aliphatic rings. The molecule has 2 aromatic rings. The summed E-state index contributed by atoms with van der Waals surface area (Å²) in [6.07, 6.45) is 0. The first kappa shape index (κ1) is 10.6. The van der Waals surface area contributed by atoms with Crippen molar-refractivity contribution in [2.45, 2.75) is 12.8 Å². The smallest absolute Gasteiger partial charge is 0.242 e. The summed E-state index contributed by atoms with van der Waals surface area (Å²) in [5.74, 6) is 1.13. The van der Waals surface area contributed by atoms with E-state index in [1.165, 1.54) is 5.56 Å². The van der Waals surface area contributed by atoms with Crippen molar-refractivity contribution in [2.75, 3.05) is 11.9 Å². The molecule has 1 aromatic carbocycles. The molecule has 1 N–H and O–H groups in total. The van der Waals surface area contributed by atoms with Crippen LogP contribution in [0.3, 0.4) is 0 Å². The third-order valence-corrected chi connectivity index (χ3v) is 2.56. The molecule has 0 aliphatic heterocycles. The number of anilines is 1. The standard InChI is InChI=1S/C11H15N5/c1-9(10-6-4-3-5-7-10)8-12-11-13-14-15-16(11)2/h3-7,9H,8H2,1-2H3,(H,12,13,15). The van der Waals surface area contributed by atoms with Gasteiger partial charge in [-0.25, -0.2) is 4.68 Å². The molecule has 0 amide bonds. The van der Waals surface area contributed by atoms with Crippen LogP contribution in [0.25, 0.3) is 0 Å². The maximum absolute atomic E-state index is 3.87. The van der Waals surface area contributed by atoms with Crippen LogP contribution in [0.15, 0.2) is 30.3 Å². The van der Waals surface area contributed by atoms with Crippen molar-refractivity contribution < 1.29 is 0 Å². The van der Waals surface area contributed by atoms with E-state index in [9.17, 15) is 0 Å². The number of benzene rings is 1. The van der Waals surface area contributed by atoms with Gasteiger partial charge in [-0.1, -0.05) is 42.4 Å². The Morgan fingerprint density at radius 3 is 2.69 bits per heavy atom. The molecule has 0 saturated heterocycles. The number of hydrogen-bond donors (Lipinski definition) is 1. The molecule has 1 unspecified atom stereocenters. The number of aromatic nitrogens is 4. The van der Waals surface area contributed by atoms with Gasteiger partial charge in [0.2, 0.25) is 5.95 Å². The lowest BCUT2D eigenvalue weighted by atomic mass is 10.0. The van der Waals surface area contributed by atoms with E-state index in [0.717, 1.165) is 6.54 Å². The number of hydrogen-bond acceptors (Lipinski definition) is 4. The minimum absolute atomic E-state index is 0.429. The molecular formula is C11H15N5. The molecular weight excluding hydrogens is 202 g/mol. The van der Waals surface area contributed by atoms with Gasteiger partial charge in [0.1, 0.15) is 0 Å². The summed E-state index contributed by atoms with van der Waals surface area (Å²) in [6, 6.07) is 10.4. The highest BCUT2D eigenvalue weighted by Crippen LogP contribution is 2.14. The summed E-state index contributed by atoms with van der Waals surface area (Å²) in [4.78, 5) is 0. The SMILES string of the molecule is CC(CNc1nnnn1C)c1ccccc1. The van der Waals surface area contributed by atoms with E-state index in [-0.39, 0.29) is 0 Å². The van der Waals surface area contributed by atoms with E-state index in [1.807, 2.05) is 13.1 Å². The monoisotopic (exact) mass is 217 g/mol. The van der Waals surface area contributed by atoms with E-state index < -0.39 is 0 Å². The second kappa shape index (κ2) is 4.74. The van der Waals surface area contributed by atoms with Crippen molar-refractivity contribution >= 4 is 5.95 Å². The predicted octanol–water partition coefficient (Wildman–Crippen LogP) is 1.43. The van der Waals surface area contributed by atoms with E-state index >= 15 is 0 Å². The molecule has 1 atom stereocenters. The maximum Gasteiger partial charge on any atom is 0.242 e. The fraction of sp³-hybridized carbons (Fsp3) is 0.364. The summed E-state index contributed by atoms with van der Waals surface area (Å²) in [5, 5.41) is 14.4. The summed E-state index contributed by atoms with van der Waals surface area (Å²) in [6.45, 7) is 2.99. The zero-order chi connectivity index (χ0) is 11.4. The van der Waals surface area contributed by atoms with Gasteiger partial charge in [0, 0.05) is 13.6 Å². The Hall–Kier alpha value is -1.91. The van der Waals surface area contributed by atoms with Gasteiger partial charge in [0.05, 0.1) is 0 Å². The summed E-state index contributed by atoms with van der Waals surface area (Å²) < 4.78 is 1.62. The second-order valence-electron chi connectivity index (χ2n) is 3.82. The van der Waals surface area contributed by atoms with Gasteiger partial charge >= 0.3 is 0 Å². The number of aryl methyl sites for hydroxylation is 1. The third-order valence-electron chi connectivity index (χ3n) is 2.56. The Morgan fingerprint density at radius 2 is 2.06 bits per heavy atom. The van der Waals surface area contributed by atoms with Crippen LogP contribution >= 0.6 is 0 Å².